The second-order valence-electron chi connectivity index (χ2n) is 8.48. The second kappa shape index (κ2) is 8.37. The lowest BCUT2D eigenvalue weighted by Gasteiger charge is -2.43. The van der Waals surface area contributed by atoms with Crippen LogP contribution in [0.3, 0.4) is 0 Å². The molecule has 1 heterocycles. The van der Waals surface area contributed by atoms with Gasteiger partial charge in [-0.3, -0.25) is 0 Å². The summed E-state index contributed by atoms with van der Waals surface area (Å²) in [6.07, 6.45) is 6.91. The van der Waals surface area contributed by atoms with E-state index in [1.807, 2.05) is 4.90 Å². The highest BCUT2D eigenvalue weighted by Gasteiger charge is 2.38. The molecular weight excluding hydrogens is 381 g/mol. The van der Waals surface area contributed by atoms with Crippen molar-refractivity contribution in [1.29, 1.82) is 0 Å². The fraction of sp³-hybridized carbons (Fsp3) is 0.650. The number of rotatable bonds is 5. The van der Waals surface area contributed by atoms with Crippen molar-refractivity contribution in [3.05, 3.63) is 30.1 Å². The van der Waals surface area contributed by atoms with Crippen molar-refractivity contribution in [2.75, 3.05) is 31.2 Å². The first kappa shape index (κ1) is 21.0. The molecule has 1 aromatic rings. The highest BCUT2D eigenvalue weighted by molar-refractivity contribution is 7.88. The number of benzene rings is 1. The number of hydrogen-bond acceptors (Lipinski definition) is 3. The van der Waals surface area contributed by atoms with Crippen LogP contribution in [0.4, 0.5) is 14.9 Å². The number of urea groups is 1. The summed E-state index contributed by atoms with van der Waals surface area (Å²) in [5.74, 6) is -0.337. The smallest absolute Gasteiger partial charge is 0.321 e. The molecule has 1 saturated heterocycles. The lowest BCUT2D eigenvalue weighted by atomic mass is 9.80. The summed E-state index contributed by atoms with van der Waals surface area (Å²) < 4.78 is 38.2. The Labute approximate surface area is 167 Å². The van der Waals surface area contributed by atoms with Crippen molar-refractivity contribution in [2.45, 2.75) is 51.5 Å². The normalized spacial score (nSPS) is 20.8. The molecule has 0 aromatic heterocycles. The summed E-state index contributed by atoms with van der Waals surface area (Å²) in [6.45, 7) is 3.73. The monoisotopic (exact) mass is 411 g/mol. The van der Waals surface area contributed by atoms with Crippen molar-refractivity contribution >= 4 is 21.7 Å². The minimum absolute atomic E-state index is 0.121. The molecule has 1 N–H and O–H groups in total. The molecule has 1 aliphatic carbocycles. The number of nitrogens with zero attached hydrogens (tertiary/aromatic N) is 2. The number of carbonyl (C=O) groups is 1. The van der Waals surface area contributed by atoms with Gasteiger partial charge in [0.05, 0.1) is 6.26 Å². The van der Waals surface area contributed by atoms with Crippen molar-refractivity contribution in [3.63, 3.8) is 0 Å². The van der Waals surface area contributed by atoms with Crippen LogP contribution >= 0.6 is 0 Å². The first-order chi connectivity index (χ1) is 13.2. The summed E-state index contributed by atoms with van der Waals surface area (Å²) in [5, 5.41) is 2.90. The first-order valence-electron chi connectivity index (χ1n) is 9.95. The molecule has 2 aliphatic rings. The van der Waals surface area contributed by atoms with Gasteiger partial charge in [-0.2, -0.15) is 0 Å². The van der Waals surface area contributed by atoms with Gasteiger partial charge in [-0.15, -0.1) is 0 Å². The maximum absolute atomic E-state index is 13.1. The van der Waals surface area contributed by atoms with E-state index in [4.69, 9.17) is 0 Å². The number of carbonyl (C=O) groups excluding carboxylic acids is 1. The van der Waals surface area contributed by atoms with E-state index in [-0.39, 0.29) is 23.3 Å². The molecule has 1 saturated carbocycles. The zero-order valence-corrected chi connectivity index (χ0v) is 17.5. The fourth-order valence-corrected chi connectivity index (χ4v) is 5.08. The van der Waals surface area contributed by atoms with Crippen LogP contribution < -0.4 is 5.32 Å². The van der Waals surface area contributed by atoms with Gasteiger partial charge in [0.25, 0.3) is 0 Å². The van der Waals surface area contributed by atoms with Gasteiger partial charge in [-0.25, -0.2) is 21.9 Å². The molecule has 2 amide bonds. The number of amides is 2. The van der Waals surface area contributed by atoms with E-state index in [1.54, 1.807) is 12.1 Å². The van der Waals surface area contributed by atoms with E-state index in [0.29, 0.717) is 25.3 Å². The van der Waals surface area contributed by atoms with E-state index >= 15 is 0 Å². The van der Waals surface area contributed by atoms with Crippen LogP contribution in [-0.4, -0.2) is 55.6 Å². The molecule has 0 spiro atoms. The first-order valence-corrected chi connectivity index (χ1v) is 11.8. The Morgan fingerprint density at radius 3 is 2.32 bits per heavy atom. The van der Waals surface area contributed by atoms with Crippen molar-refractivity contribution in [3.8, 4) is 0 Å². The number of nitrogens with one attached hydrogen (secondary N) is 1. The molecule has 0 unspecified atom stereocenters. The predicted octanol–water partition coefficient (Wildman–Crippen LogP) is 3.66. The van der Waals surface area contributed by atoms with Gasteiger partial charge in [-0.05, 0) is 55.4 Å². The minimum atomic E-state index is -3.17. The highest BCUT2D eigenvalue weighted by Crippen LogP contribution is 2.35. The van der Waals surface area contributed by atoms with Gasteiger partial charge >= 0.3 is 6.03 Å². The quantitative estimate of drug-likeness (QED) is 0.804. The number of piperidine rings is 1. The van der Waals surface area contributed by atoms with E-state index in [2.05, 4.69) is 12.2 Å². The van der Waals surface area contributed by atoms with Crippen LogP contribution in [0.25, 0.3) is 0 Å². The van der Waals surface area contributed by atoms with Crippen LogP contribution in [0.2, 0.25) is 0 Å². The molecule has 0 atom stereocenters. The fourth-order valence-electron chi connectivity index (χ4n) is 4.24. The Bertz CT molecular complexity index is 783. The zero-order chi connectivity index (χ0) is 20.4. The molecule has 0 bridgehead atoms. The largest absolute Gasteiger partial charge is 0.322 e. The Morgan fingerprint density at radius 1 is 1.21 bits per heavy atom. The average molecular weight is 412 g/mol. The van der Waals surface area contributed by atoms with Gasteiger partial charge in [0, 0.05) is 31.4 Å². The van der Waals surface area contributed by atoms with Crippen LogP contribution in [0.15, 0.2) is 24.3 Å². The van der Waals surface area contributed by atoms with Crippen LogP contribution in [-0.2, 0) is 10.0 Å². The summed E-state index contributed by atoms with van der Waals surface area (Å²) in [5.41, 5.74) is 0.454. The third kappa shape index (κ3) is 5.23. The Kier molecular flexibility index (Phi) is 6.29. The minimum Gasteiger partial charge on any atom is -0.321 e. The van der Waals surface area contributed by atoms with Crippen LogP contribution in [0.5, 0.6) is 0 Å². The van der Waals surface area contributed by atoms with E-state index < -0.39 is 10.0 Å². The number of halogens is 1. The van der Waals surface area contributed by atoms with Gasteiger partial charge in [-0.1, -0.05) is 19.8 Å². The van der Waals surface area contributed by atoms with Gasteiger partial charge in [0.2, 0.25) is 10.0 Å². The summed E-state index contributed by atoms with van der Waals surface area (Å²) in [4.78, 5) is 15.0. The molecule has 1 aliphatic heterocycles. The molecule has 0 radical (unpaired) electrons. The summed E-state index contributed by atoms with van der Waals surface area (Å²) in [6, 6.07) is 5.82. The Balaban J connectivity index is 1.69. The van der Waals surface area contributed by atoms with Crippen LogP contribution in [0, 0.1) is 11.2 Å². The molecule has 2 fully saturated rings. The number of anilines is 1. The second-order valence-corrected chi connectivity index (χ2v) is 10.5. The zero-order valence-electron chi connectivity index (χ0n) is 16.7. The van der Waals surface area contributed by atoms with Crippen LogP contribution in [0.1, 0.15) is 45.4 Å². The number of sulfonamides is 1. The predicted molar refractivity (Wildman–Crippen MR) is 108 cm³/mol. The van der Waals surface area contributed by atoms with Crippen molar-refractivity contribution < 1.29 is 17.6 Å². The topological polar surface area (TPSA) is 69.7 Å². The summed E-state index contributed by atoms with van der Waals surface area (Å²) in [7, 11) is -3.17. The third-order valence-corrected chi connectivity index (χ3v) is 7.38. The van der Waals surface area contributed by atoms with Crippen molar-refractivity contribution in [1.82, 2.24) is 9.21 Å². The molecule has 28 heavy (non-hydrogen) atoms. The summed E-state index contributed by atoms with van der Waals surface area (Å²) >= 11 is 0. The van der Waals surface area contributed by atoms with Gasteiger partial charge < -0.3 is 10.2 Å². The molecule has 8 heteroatoms. The Morgan fingerprint density at radius 2 is 1.79 bits per heavy atom. The molecule has 6 nitrogen and oxygen atoms in total. The van der Waals surface area contributed by atoms with E-state index in [0.717, 1.165) is 38.5 Å². The van der Waals surface area contributed by atoms with E-state index in [9.17, 15) is 17.6 Å². The highest BCUT2D eigenvalue weighted by atomic mass is 32.2. The third-order valence-electron chi connectivity index (χ3n) is 6.07. The SMILES string of the molecule is CC1(CN(C(=O)Nc2ccc(F)cc2)C2CCCC2)CCN(S(C)(=O)=O)CC1. The molecule has 1 aromatic carbocycles. The maximum atomic E-state index is 13.1. The molecule has 156 valence electrons. The standard InChI is InChI=1S/C20H30FN3O3S/c1-20(11-13-23(14-12-20)28(2,26)27)15-24(18-5-3-4-6-18)19(25)22-17-9-7-16(21)8-10-17/h7-10,18H,3-6,11-15H2,1-2H3,(H,22,25). The molecule has 3 rings (SSSR count). The maximum Gasteiger partial charge on any atom is 0.322 e. The lowest BCUT2D eigenvalue weighted by Crippen LogP contribution is -2.51. The van der Waals surface area contributed by atoms with Crippen molar-refractivity contribution in [2.24, 2.45) is 5.41 Å². The molecular formula is C20H30FN3O3S. The van der Waals surface area contributed by atoms with E-state index in [1.165, 1.54) is 22.7 Å². The average Bonchev–Trinajstić information content (AvgIpc) is 3.15. The Hall–Kier alpha value is -1.67. The van der Waals surface area contributed by atoms with Gasteiger partial charge in [0.15, 0.2) is 0 Å². The van der Waals surface area contributed by atoms with Gasteiger partial charge in [0.1, 0.15) is 5.82 Å². The lowest BCUT2D eigenvalue weighted by molar-refractivity contribution is 0.100. The number of hydrogen-bond donors (Lipinski definition) is 1.